The Kier molecular flexibility index (Phi) is 7.18. The van der Waals surface area contributed by atoms with Crippen LogP contribution in [0.25, 0.3) is 0 Å². The number of carbonyl (C=O) groups excluding carboxylic acids is 1. The van der Waals surface area contributed by atoms with Crippen LogP contribution in [0.15, 0.2) is 60.0 Å². The highest BCUT2D eigenvalue weighted by atomic mass is 32.2. The number of aromatic nitrogens is 3. The Hall–Kier alpha value is -3.77. The fourth-order valence-electron chi connectivity index (χ4n) is 2.85. The number of nitrogens with two attached hydrogens (primary N) is 1. The molecular formula is C20H24N8O3S. The molecule has 12 heteroatoms. The minimum Gasteiger partial charge on any atom is -0.393 e. The normalized spacial score (nSPS) is 11.2. The van der Waals surface area contributed by atoms with Gasteiger partial charge in [-0.3, -0.25) is 20.6 Å². The number of sulfonamides is 1. The van der Waals surface area contributed by atoms with Crippen molar-refractivity contribution in [1.82, 2.24) is 24.7 Å². The zero-order valence-electron chi connectivity index (χ0n) is 17.6. The van der Waals surface area contributed by atoms with E-state index < -0.39 is 10.0 Å². The molecule has 0 saturated heterocycles. The molecule has 5 N–H and O–H groups in total. The van der Waals surface area contributed by atoms with E-state index in [0.717, 1.165) is 0 Å². The van der Waals surface area contributed by atoms with Crippen molar-refractivity contribution in [2.45, 2.75) is 18.7 Å². The smallest absolute Gasteiger partial charge is 0.269 e. The first-order chi connectivity index (χ1) is 15.4. The molecular weight excluding hydrogens is 432 g/mol. The van der Waals surface area contributed by atoms with Crippen LogP contribution in [0.3, 0.4) is 0 Å². The fourth-order valence-corrected chi connectivity index (χ4v) is 4.30. The molecule has 168 valence electrons. The number of hydrazine groups is 1. The van der Waals surface area contributed by atoms with Gasteiger partial charge < -0.3 is 11.1 Å². The molecule has 0 fully saturated rings. The average Bonchev–Trinajstić information content (AvgIpc) is 2.81. The molecule has 0 unspecified atom stereocenters. The third kappa shape index (κ3) is 5.10. The first kappa shape index (κ1) is 22.9. The number of carbonyl (C=O) groups is 1. The van der Waals surface area contributed by atoms with Crippen LogP contribution in [0.5, 0.6) is 0 Å². The zero-order chi connectivity index (χ0) is 23.1. The molecule has 0 spiro atoms. The van der Waals surface area contributed by atoms with Crippen LogP contribution in [0, 0.1) is 0 Å². The molecule has 1 aromatic carbocycles. The highest BCUT2D eigenvalue weighted by Crippen LogP contribution is 2.26. The van der Waals surface area contributed by atoms with Gasteiger partial charge in [0.25, 0.3) is 5.91 Å². The molecule has 0 bridgehead atoms. The van der Waals surface area contributed by atoms with Crippen LogP contribution in [0.1, 0.15) is 24.2 Å². The highest BCUT2D eigenvalue weighted by Gasteiger charge is 2.21. The van der Waals surface area contributed by atoms with Crippen molar-refractivity contribution in [3.63, 3.8) is 0 Å². The van der Waals surface area contributed by atoms with Crippen LogP contribution < -0.4 is 21.9 Å². The third-order valence-electron chi connectivity index (χ3n) is 4.58. The molecule has 1 amide bonds. The van der Waals surface area contributed by atoms with Gasteiger partial charge in [0.05, 0.1) is 4.90 Å². The lowest BCUT2D eigenvalue weighted by atomic mass is 10.3. The summed E-state index contributed by atoms with van der Waals surface area (Å²) in [6, 6.07) is 9.41. The number of nitrogens with zero attached hydrogens (tertiary/aromatic N) is 4. The molecule has 0 aliphatic heterocycles. The number of rotatable bonds is 9. The summed E-state index contributed by atoms with van der Waals surface area (Å²) in [4.78, 5) is 24.4. The van der Waals surface area contributed by atoms with Crippen LogP contribution in [0.4, 0.5) is 23.0 Å². The number of anilines is 4. The molecule has 0 saturated carbocycles. The Morgan fingerprint density at radius 1 is 1.00 bits per heavy atom. The second-order valence-electron chi connectivity index (χ2n) is 6.54. The van der Waals surface area contributed by atoms with Gasteiger partial charge >= 0.3 is 0 Å². The minimum atomic E-state index is -3.54. The zero-order valence-corrected chi connectivity index (χ0v) is 18.4. The molecule has 0 atom stereocenters. The van der Waals surface area contributed by atoms with Crippen molar-refractivity contribution >= 4 is 38.9 Å². The maximum atomic E-state index is 12.6. The SMILES string of the molecule is CCN(CC)S(=O)(=O)c1ccc(Nc2ncnc(NNC(=O)c3ccncc3)c2N)cc1. The standard InChI is InChI=1S/C20H24N8O3S/c1-3-28(4-2)32(30,31)16-7-5-15(6-8-16)25-18-17(21)19(24-13-23-18)26-27-20(29)14-9-11-22-12-10-14/h5-13H,3-4,21H2,1-2H3,(H,27,29)(H2,23,24,25,26). The molecule has 2 aromatic heterocycles. The number of amides is 1. The van der Waals surface area contributed by atoms with Crippen molar-refractivity contribution in [2.75, 3.05) is 29.6 Å². The molecule has 3 aromatic rings. The van der Waals surface area contributed by atoms with Crippen molar-refractivity contribution in [1.29, 1.82) is 0 Å². The Bertz CT molecular complexity index is 1170. The monoisotopic (exact) mass is 456 g/mol. The largest absolute Gasteiger partial charge is 0.393 e. The first-order valence-corrected chi connectivity index (χ1v) is 11.2. The Morgan fingerprint density at radius 3 is 2.25 bits per heavy atom. The number of hydrogen-bond acceptors (Lipinski definition) is 9. The van der Waals surface area contributed by atoms with E-state index in [1.165, 1.54) is 35.2 Å². The average molecular weight is 457 g/mol. The maximum absolute atomic E-state index is 12.6. The fraction of sp³-hybridized carbons (Fsp3) is 0.200. The quantitative estimate of drug-likeness (QED) is 0.354. The second kappa shape index (κ2) is 10.0. The van der Waals surface area contributed by atoms with Crippen LogP contribution >= 0.6 is 0 Å². The van der Waals surface area contributed by atoms with E-state index in [1.54, 1.807) is 38.1 Å². The Morgan fingerprint density at radius 2 is 1.62 bits per heavy atom. The van der Waals surface area contributed by atoms with Gasteiger partial charge in [-0.2, -0.15) is 4.31 Å². The summed E-state index contributed by atoms with van der Waals surface area (Å²) in [5, 5.41) is 3.02. The van der Waals surface area contributed by atoms with E-state index in [1.807, 2.05) is 0 Å². The van der Waals surface area contributed by atoms with E-state index in [4.69, 9.17) is 5.73 Å². The van der Waals surface area contributed by atoms with Crippen molar-refractivity contribution < 1.29 is 13.2 Å². The molecule has 2 heterocycles. The lowest BCUT2D eigenvalue weighted by Gasteiger charge is -2.18. The van der Waals surface area contributed by atoms with E-state index in [-0.39, 0.29) is 22.3 Å². The molecule has 11 nitrogen and oxygen atoms in total. The molecule has 3 rings (SSSR count). The first-order valence-electron chi connectivity index (χ1n) is 9.80. The maximum Gasteiger partial charge on any atom is 0.269 e. The van der Waals surface area contributed by atoms with Crippen LogP contribution in [-0.4, -0.2) is 46.7 Å². The number of nitrogen functional groups attached to an aromatic ring is 1. The summed E-state index contributed by atoms with van der Waals surface area (Å²) in [7, 11) is -3.54. The third-order valence-corrected chi connectivity index (χ3v) is 6.65. The van der Waals surface area contributed by atoms with Gasteiger partial charge in [-0.15, -0.1) is 0 Å². The van der Waals surface area contributed by atoms with Gasteiger partial charge in [0.1, 0.15) is 12.0 Å². The van der Waals surface area contributed by atoms with Crippen molar-refractivity contribution in [2.24, 2.45) is 0 Å². The number of benzene rings is 1. The van der Waals surface area contributed by atoms with Gasteiger partial charge in [0, 0.05) is 36.7 Å². The summed E-state index contributed by atoms with van der Waals surface area (Å²) in [5.41, 5.74) is 12.5. The number of nitrogens with one attached hydrogen (secondary N) is 3. The van der Waals surface area contributed by atoms with E-state index in [9.17, 15) is 13.2 Å². The van der Waals surface area contributed by atoms with E-state index in [0.29, 0.717) is 30.2 Å². The predicted octanol–water partition coefficient (Wildman–Crippen LogP) is 1.98. The summed E-state index contributed by atoms with van der Waals surface area (Å²) in [5.74, 6) is 0.107. The topological polar surface area (TPSA) is 155 Å². The van der Waals surface area contributed by atoms with Gasteiger partial charge in [-0.25, -0.2) is 18.4 Å². The van der Waals surface area contributed by atoms with E-state index in [2.05, 4.69) is 31.1 Å². The lowest BCUT2D eigenvalue weighted by molar-refractivity contribution is 0.0962. The van der Waals surface area contributed by atoms with Crippen LogP contribution in [-0.2, 0) is 10.0 Å². The number of pyridine rings is 1. The summed E-state index contributed by atoms with van der Waals surface area (Å²) in [6.07, 6.45) is 4.29. The second-order valence-corrected chi connectivity index (χ2v) is 8.48. The summed E-state index contributed by atoms with van der Waals surface area (Å²) >= 11 is 0. The van der Waals surface area contributed by atoms with Crippen molar-refractivity contribution in [3.05, 3.63) is 60.7 Å². The number of hydrogen-bond donors (Lipinski definition) is 4. The predicted molar refractivity (Wildman–Crippen MR) is 122 cm³/mol. The summed E-state index contributed by atoms with van der Waals surface area (Å²) in [6.45, 7) is 4.37. The Balaban J connectivity index is 1.71. The van der Waals surface area contributed by atoms with Crippen molar-refractivity contribution in [3.8, 4) is 0 Å². The van der Waals surface area contributed by atoms with E-state index >= 15 is 0 Å². The Labute approximate surface area is 186 Å². The van der Waals surface area contributed by atoms with Crippen LogP contribution in [0.2, 0.25) is 0 Å². The molecule has 0 aliphatic carbocycles. The minimum absolute atomic E-state index is 0.169. The molecule has 0 aliphatic rings. The van der Waals surface area contributed by atoms with Gasteiger partial charge in [-0.05, 0) is 36.4 Å². The van der Waals surface area contributed by atoms with Gasteiger partial charge in [-0.1, -0.05) is 13.8 Å². The summed E-state index contributed by atoms with van der Waals surface area (Å²) < 4.78 is 26.6. The van der Waals surface area contributed by atoms with Gasteiger partial charge in [0.15, 0.2) is 11.6 Å². The van der Waals surface area contributed by atoms with Gasteiger partial charge in [0.2, 0.25) is 10.0 Å². The lowest BCUT2D eigenvalue weighted by Crippen LogP contribution is -2.30. The molecule has 0 radical (unpaired) electrons. The molecule has 32 heavy (non-hydrogen) atoms. The highest BCUT2D eigenvalue weighted by molar-refractivity contribution is 7.89.